The molecule has 0 fully saturated rings. The van der Waals surface area contributed by atoms with Gasteiger partial charge >= 0.3 is 0 Å². The summed E-state index contributed by atoms with van der Waals surface area (Å²) in [7, 11) is -3.59. The summed E-state index contributed by atoms with van der Waals surface area (Å²) >= 11 is 0. The van der Waals surface area contributed by atoms with Crippen LogP contribution in [0.3, 0.4) is 0 Å². The molecule has 1 aliphatic rings. The molecule has 0 saturated carbocycles. The third-order valence-corrected chi connectivity index (χ3v) is 5.14. The van der Waals surface area contributed by atoms with Crippen LogP contribution in [0.1, 0.15) is 50.6 Å². The lowest BCUT2D eigenvalue weighted by Crippen LogP contribution is -2.27. The van der Waals surface area contributed by atoms with Crippen LogP contribution in [-0.2, 0) is 14.6 Å². The van der Waals surface area contributed by atoms with Gasteiger partial charge in [-0.15, -0.1) is 0 Å². The summed E-state index contributed by atoms with van der Waals surface area (Å²) < 4.78 is 36.8. The number of hydrogen-bond acceptors (Lipinski definition) is 3. The molecule has 1 unspecified atom stereocenters. The van der Waals surface area contributed by atoms with Crippen molar-refractivity contribution in [2.24, 2.45) is 0 Å². The second kappa shape index (κ2) is 7.25. The second-order valence-electron chi connectivity index (χ2n) is 6.04. The number of benzene rings is 1. The summed E-state index contributed by atoms with van der Waals surface area (Å²) in [4.78, 5) is 11.7. The predicted molar refractivity (Wildman–Crippen MR) is 87.2 cm³/mol. The Morgan fingerprint density at radius 1 is 1.35 bits per heavy atom. The molecule has 23 heavy (non-hydrogen) atoms. The molecule has 1 aliphatic carbocycles. The van der Waals surface area contributed by atoms with Crippen LogP contribution in [-0.4, -0.2) is 20.6 Å². The van der Waals surface area contributed by atoms with Gasteiger partial charge in [0, 0.05) is 12.7 Å². The highest BCUT2D eigenvalue weighted by molar-refractivity contribution is 7.90. The van der Waals surface area contributed by atoms with Crippen LogP contribution in [0.25, 0.3) is 0 Å². The van der Waals surface area contributed by atoms with Gasteiger partial charge in [0.1, 0.15) is 10.7 Å². The Morgan fingerprint density at radius 3 is 2.65 bits per heavy atom. The molecule has 0 spiro atoms. The summed E-state index contributed by atoms with van der Waals surface area (Å²) in [6.07, 6.45) is 7.73. The normalized spacial score (nSPS) is 16.6. The quantitative estimate of drug-likeness (QED) is 0.837. The zero-order valence-electron chi connectivity index (χ0n) is 13.4. The van der Waals surface area contributed by atoms with Gasteiger partial charge in [-0.1, -0.05) is 17.7 Å². The first-order valence-corrected chi connectivity index (χ1v) is 9.63. The van der Waals surface area contributed by atoms with Gasteiger partial charge in [0.25, 0.3) is 0 Å². The van der Waals surface area contributed by atoms with Gasteiger partial charge in [-0.2, -0.15) is 0 Å². The summed E-state index contributed by atoms with van der Waals surface area (Å²) in [5, 5.41) is 2.83. The van der Waals surface area contributed by atoms with E-state index < -0.39 is 15.7 Å². The Kier molecular flexibility index (Phi) is 5.57. The molecule has 4 nitrogen and oxygen atoms in total. The number of amides is 1. The maximum absolute atomic E-state index is 13.9. The number of sulfone groups is 1. The van der Waals surface area contributed by atoms with Crippen molar-refractivity contribution in [2.45, 2.75) is 50.0 Å². The van der Waals surface area contributed by atoms with Gasteiger partial charge in [-0.3, -0.25) is 4.79 Å². The van der Waals surface area contributed by atoms with E-state index in [9.17, 15) is 17.6 Å². The Morgan fingerprint density at radius 2 is 2.09 bits per heavy atom. The molecule has 126 valence electrons. The molecule has 0 saturated heterocycles. The molecular weight excluding hydrogens is 317 g/mol. The van der Waals surface area contributed by atoms with Gasteiger partial charge in [-0.05, 0) is 50.3 Å². The fourth-order valence-electron chi connectivity index (χ4n) is 2.73. The lowest BCUT2D eigenvalue weighted by atomic mass is 9.97. The lowest BCUT2D eigenvalue weighted by molar-refractivity contribution is -0.121. The van der Waals surface area contributed by atoms with Gasteiger partial charge in [0.05, 0.1) is 6.04 Å². The van der Waals surface area contributed by atoms with Gasteiger partial charge in [0.15, 0.2) is 9.84 Å². The molecule has 0 bridgehead atoms. The molecule has 0 radical (unpaired) electrons. The summed E-state index contributed by atoms with van der Waals surface area (Å²) in [6.45, 7) is 1.75. The Hall–Kier alpha value is -1.69. The van der Waals surface area contributed by atoms with Crippen LogP contribution < -0.4 is 5.32 Å². The van der Waals surface area contributed by atoms with E-state index in [1.165, 1.54) is 24.6 Å². The lowest BCUT2D eigenvalue weighted by Gasteiger charge is -2.17. The number of carbonyl (C=O) groups excluding carboxylic acids is 1. The molecular formula is C17H22FNO3S. The molecule has 1 N–H and O–H groups in total. The third-order valence-electron chi connectivity index (χ3n) is 4.01. The van der Waals surface area contributed by atoms with Crippen molar-refractivity contribution in [2.75, 3.05) is 6.26 Å². The van der Waals surface area contributed by atoms with Gasteiger partial charge in [-0.25, -0.2) is 12.8 Å². The van der Waals surface area contributed by atoms with Crippen LogP contribution in [0.5, 0.6) is 0 Å². The molecule has 1 atom stereocenters. The Labute approximate surface area is 136 Å². The first kappa shape index (κ1) is 17.7. The van der Waals surface area contributed by atoms with E-state index >= 15 is 0 Å². The van der Waals surface area contributed by atoms with E-state index in [0.717, 1.165) is 31.1 Å². The second-order valence-corrected chi connectivity index (χ2v) is 8.02. The van der Waals surface area contributed by atoms with E-state index in [1.807, 2.05) is 0 Å². The molecule has 1 amide bonds. The van der Waals surface area contributed by atoms with E-state index in [0.29, 0.717) is 12.0 Å². The van der Waals surface area contributed by atoms with Gasteiger partial charge < -0.3 is 5.32 Å². The van der Waals surface area contributed by atoms with Crippen LogP contribution in [0.2, 0.25) is 0 Å². The van der Waals surface area contributed by atoms with Crippen molar-refractivity contribution in [3.63, 3.8) is 0 Å². The van der Waals surface area contributed by atoms with E-state index in [2.05, 4.69) is 11.4 Å². The number of hydrogen-bond donors (Lipinski definition) is 1. The minimum Gasteiger partial charge on any atom is -0.349 e. The molecule has 2 rings (SSSR count). The topological polar surface area (TPSA) is 63.2 Å². The number of carbonyl (C=O) groups is 1. The highest BCUT2D eigenvalue weighted by Crippen LogP contribution is 2.22. The monoisotopic (exact) mass is 339 g/mol. The van der Waals surface area contributed by atoms with Gasteiger partial charge in [0.2, 0.25) is 5.91 Å². The molecule has 1 aromatic carbocycles. The largest absolute Gasteiger partial charge is 0.349 e. The maximum atomic E-state index is 13.9. The van der Waals surface area contributed by atoms with Crippen LogP contribution in [0.15, 0.2) is 34.7 Å². The van der Waals surface area contributed by atoms with Crippen LogP contribution >= 0.6 is 0 Å². The molecule has 0 heterocycles. The van der Waals surface area contributed by atoms with Crippen LogP contribution in [0.4, 0.5) is 4.39 Å². The zero-order valence-corrected chi connectivity index (χ0v) is 14.2. The fraction of sp³-hybridized carbons (Fsp3) is 0.471. The number of halogens is 1. The van der Waals surface area contributed by atoms with Crippen molar-refractivity contribution < 1.29 is 17.6 Å². The average molecular weight is 339 g/mol. The van der Waals surface area contributed by atoms with E-state index in [-0.39, 0.29) is 16.8 Å². The SMILES string of the molecule is CC(NC(=O)CC1=CCCCC1)c1ccc(S(C)(=O)=O)c(F)c1. The minimum absolute atomic E-state index is 0.0988. The summed E-state index contributed by atoms with van der Waals surface area (Å²) in [5.74, 6) is -0.890. The molecule has 0 aromatic heterocycles. The number of allylic oxidation sites excluding steroid dienone is 1. The van der Waals surface area contributed by atoms with E-state index in [4.69, 9.17) is 0 Å². The minimum atomic E-state index is -3.59. The molecule has 0 aliphatic heterocycles. The molecule has 6 heteroatoms. The smallest absolute Gasteiger partial charge is 0.224 e. The molecule has 1 aromatic rings. The Balaban J connectivity index is 2.03. The number of rotatable bonds is 5. The maximum Gasteiger partial charge on any atom is 0.224 e. The third kappa shape index (κ3) is 4.89. The zero-order chi connectivity index (χ0) is 17.0. The first-order valence-electron chi connectivity index (χ1n) is 7.74. The highest BCUT2D eigenvalue weighted by Gasteiger charge is 2.17. The average Bonchev–Trinajstić information content (AvgIpc) is 2.46. The van der Waals surface area contributed by atoms with Crippen molar-refractivity contribution in [3.05, 3.63) is 41.2 Å². The highest BCUT2D eigenvalue weighted by atomic mass is 32.2. The van der Waals surface area contributed by atoms with Crippen LogP contribution in [0, 0.1) is 5.82 Å². The Bertz CT molecular complexity index is 725. The van der Waals surface area contributed by atoms with Crippen molar-refractivity contribution in [3.8, 4) is 0 Å². The summed E-state index contributed by atoms with van der Waals surface area (Å²) in [6, 6.07) is 3.56. The van der Waals surface area contributed by atoms with Crippen molar-refractivity contribution in [1.82, 2.24) is 5.32 Å². The van der Waals surface area contributed by atoms with Crippen molar-refractivity contribution in [1.29, 1.82) is 0 Å². The van der Waals surface area contributed by atoms with E-state index in [1.54, 1.807) is 6.92 Å². The fourth-order valence-corrected chi connectivity index (χ4v) is 3.46. The number of nitrogens with one attached hydrogen (secondary N) is 1. The van der Waals surface area contributed by atoms with Crippen molar-refractivity contribution >= 4 is 15.7 Å². The summed E-state index contributed by atoms with van der Waals surface area (Å²) in [5.41, 5.74) is 1.69. The standard InChI is InChI=1S/C17H22FNO3S/c1-12(19-17(20)10-13-6-4-3-5-7-13)14-8-9-16(15(18)11-14)23(2,21)22/h6,8-9,11-12H,3-5,7,10H2,1-2H3,(H,19,20). The first-order chi connectivity index (χ1) is 10.8. The predicted octanol–water partition coefficient (Wildman–Crippen LogP) is 3.30.